The van der Waals surface area contributed by atoms with Gasteiger partial charge in [0.05, 0.1) is 5.56 Å². The zero-order valence-electron chi connectivity index (χ0n) is 9.26. The highest BCUT2D eigenvalue weighted by Gasteiger charge is 2.06. The summed E-state index contributed by atoms with van der Waals surface area (Å²) >= 11 is 5.55. The van der Waals surface area contributed by atoms with Crippen molar-refractivity contribution in [2.75, 3.05) is 11.2 Å². The molecular formula is C11H10ClN3O3. The van der Waals surface area contributed by atoms with E-state index in [4.69, 9.17) is 21.1 Å². The van der Waals surface area contributed by atoms with Gasteiger partial charge in [-0.15, -0.1) is 16.7 Å². The van der Waals surface area contributed by atoms with Crippen LogP contribution in [0.2, 0.25) is 0 Å². The van der Waals surface area contributed by atoms with E-state index in [1.54, 1.807) is 12.1 Å². The Balaban J connectivity index is 2.06. The van der Waals surface area contributed by atoms with Crippen LogP contribution in [0.15, 0.2) is 28.7 Å². The van der Waals surface area contributed by atoms with Gasteiger partial charge < -0.3 is 14.8 Å². The van der Waals surface area contributed by atoms with Crippen LogP contribution in [-0.2, 0) is 6.42 Å². The van der Waals surface area contributed by atoms with Gasteiger partial charge in [-0.25, -0.2) is 4.79 Å². The molecule has 1 heterocycles. The zero-order chi connectivity index (χ0) is 13.0. The van der Waals surface area contributed by atoms with E-state index in [-0.39, 0.29) is 11.6 Å². The highest BCUT2D eigenvalue weighted by molar-refractivity contribution is 6.17. The predicted octanol–water partition coefficient (Wildman–Crippen LogP) is 2.29. The first kappa shape index (κ1) is 12.4. The van der Waals surface area contributed by atoms with Crippen LogP contribution < -0.4 is 5.32 Å². The summed E-state index contributed by atoms with van der Waals surface area (Å²) in [6.45, 7) is 0. The SMILES string of the molecule is O=C(O)c1ccc(Nc2nnc(CCCl)o2)cc1. The van der Waals surface area contributed by atoms with E-state index < -0.39 is 5.97 Å². The number of nitrogens with one attached hydrogen (secondary N) is 1. The van der Waals surface area contributed by atoms with Crippen LogP contribution in [0.5, 0.6) is 0 Å². The van der Waals surface area contributed by atoms with Crippen molar-refractivity contribution in [2.24, 2.45) is 0 Å². The summed E-state index contributed by atoms with van der Waals surface area (Å²) in [6, 6.07) is 6.46. The maximum absolute atomic E-state index is 10.7. The van der Waals surface area contributed by atoms with E-state index in [0.717, 1.165) is 0 Å². The second-order valence-electron chi connectivity index (χ2n) is 3.45. The molecule has 0 aliphatic rings. The molecule has 7 heteroatoms. The van der Waals surface area contributed by atoms with Gasteiger partial charge in [0.1, 0.15) is 0 Å². The fraction of sp³-hybridized carbons (Fsp3) is 0.182. The van der Waals surface area contributed by atoms with Crippen LogP contribution in [0.3, 0.4) is 0 Å². The number of benzene rings is 1. The highest BCUT2D eigenvalue weighted by Crippen LogP contribution is 2.16. The average Bonchev–Trinajstić information content (AvgIpc) is 2.78. The summed E-state index contributed by atoms with van der Waals surface area (Å²) < 4.78 is 5.27. The second-order valence-corrected chi connectivity index (χ2v) is 3.83. The van der Waals surface area contributed by atoms with Gasteiger partial charge in [-0.2, -0.15) is 0 Å². The Morgan fingerprint density at radius 2 is 2.06 bits per heavy atom. The number of hydrogen-bond donors (Lipinski definition) is 2. The summed E-state index contributed by atoms with van der Waals surface area (Å²) in [5.41, 5.74) is 0.884. The van der Waals surface area contributed by atoms with Crippen LogP contribution >= 0.6 is 11.6 Å². The molecule has 0 radical (unpaired) electrons. The van der Waals surface area contributed by atoms with Crippen molar-refractivity contribution < 1.29 is 14.3 Å². The van der Waals surface area contributed by atoms with Crippen molar-refractivity contribution in [1.82, 2.24) is 10.2 Å². The van der Waals surface area contributed by atoms with Gasteiger partial charge in [0.2, 0.25) is 5.89 Å². The highest BCUT2D eigenvalue weighted by atomic mass is 35.5. The number of rotatable bonds is 5. The van der Waals surface area contributed by atoms with Crippen molar-refractivity contribution >= 4 is 29.3 Å². The van der Waals surface area contributed by atoms with Crippen molar-refractivity contribution in [1.29, 1.82) is 0 Å². The number of carboxylic acids is 1. The van der Waals surface area contributed by atoms with Gasteiger partial charge in [-0.3, -0.25) is 0 Å². The molecular weight excluding hydrogens is 258 g/mol. The summed E-state index contributed by atoms with van der Waals surface area (Å²) in [7, 11) is 0. The average molecular weight is 268 g/mol. The molecule has 0 saturated heterocycles. The maximum atomic E-state index is 10.7. The van der Waals surface area contributed by atoms with E-state index in [2.05, 4.69) is 15.5 Å². The quantitative estimate of drug-likeness (QED) is 0.808. The molecule has 18 heavy (non-hydrogen) atoms. The largest absolute Gasteiger partial charge is 0.478 e. The van der Waals surface area contributed by atoms with Crippen molar-refractivity contribution in [3.8, 4) is 0 Å². The molecule has 0 atom stereocenters. The molecule has 1 aromatic heterocycles. The van der Waals surface area contributed by atoms with Gasteiger partial charge >= 0.3 is 12.0 Å². The van der Waals surface area contributed by atoms with E-state index in [0.29, 0.717) is 23.9 Å². The number of carboxylic acid groups (broad SMARTS) is 1. The second kappa shape index (κ2) is 5.50. The Morgan fingerprint density at radius 3 is 2.67 bits per heavy atom. The first-order valence-corrected chi connectivity index (χ1v) is 5.71. The topological polar surface area (TPSA) is 88.2 Å². The van der Waals surface area contributed by atoms with Crippen molar-refractivity contribution in [2.45, 2.75) is 6.42 Å². The number of anilines is 2. The normalized spacial score (nSPS) is 10.3. The van der Waals surface area contributed by atoms with E-state index >= 15 is 0 Å². The number of halogens is 1. The molecule has 2 aromatic rings. The van der Waals surface area contributed by atoms with Crippen molar-refractivity contribution in [3.05, 3.63) is 35.7 Å². The van der Waals surface area contributed by atoms with E-state index in [1.165, 1.54) is 12.1 Å². The van der Waals surface area contributed by atoms with Gasteiger partial charge in [0.25, 0.3) is 0 Å². The zero-order valence-corrected chi connectivity index (χ0v) is 10.0. The van der Waals surface area contributed by atoms with E-state index in [9.17, 15) is 4.79 Å². The van der Waals surface area contributed by atoms with Crippen LogP contribution in [0, 0.1) is 0 Å². The number of aromatic nitrogens is 2. The number of alkyl halides is 1. The van der Waals surface area contributed by atoms with Gasteiger partial charge in [-0.05, 0) is 24.3 Å². The minimum Gasteiger partial charge on any atom is -0.478 e. The fourth-order valence-corrected chi connectivity index (χ4v) is 1.47. The van der Waals surface area contributed by atoms with Gasteiger partial charge in [-0.1, -0.05) is 5.10 Å². The summed E-state index contributed by atoms with van der Waals surface area (Å²) in [5.74, 6) is -0.104. The number of aryl methyl sites for hydroxylation is 1. The van der Waals surface area contributed by atoms with Gasteiger partial charge in [0.15, 0.2) is 0 Å². The first-order valence-electron chi connectivity index (χ1n) is 5.18. The molecule has 0 unspecified atom stereocenters. The fourth-order valence-electron chi connectivity index (χ4n) is 1.31. The van der Waals surface area contributed by atoms with Crippen LogP contribution in [0.4, 0.5) is 11.7 Å². The lowest BCUT2D eigenvalue weighted by Gasteiger charge is -2.01. The Morgan fingerprint density at radius 1 is 1.33 bits per heavy atom. The third kappa shape index (κ3) is 2.98. The summed E-state index contributed by atoms with van der Waals surface area (Å²) in [4.78, 5) is 10.7. The van der Waals surface area contributed by atoms with Crippen LogP contribution in [0.1, 0.15) is 16.2 Å². The minimum absolute atomic E-state index is 0.217. The predicted molar refractivity (Wildman–Crippen MR) is 65.4 cm³/mol. The molecule has 0 fully saturated rings. The molecule has 2 N–H and O–H groups in total. The summed E-state index contributed by atoms with van der Waals surface area (Å²) in [6.07, 6.45) is 0.508. The molecule has 1 aromatic carbocycles. The Kier molecular flexibility index (Phi) is 3.78. The number of aromatic carboxylic acids is 1. The summed E-state index contributed by atoms with van der Waals surface area (Å²) in [5, 5.41) is 19.2. The van der Waals surface area contributed by atoms with E-state index in [1.807, 2.05) is 0 Å². The molecule has 0 bridgehead atoms. The lowest BCUT2D eigenvalue weighted by molar-refractivity contribution is 0.0697. The standard InChI is InChI=1S/C11H10ClN3O3/c12-6-5-9-14-15-11(18-9)13-8-3-1-7(2-4-8)10(16)17/h1-4H,5-6H2,(H,13,15)(H,16,17). The smallest absolute Gasteiger partial charge is 0.335 e. The van der Waals surface area contributed by atoms with Crippen LogP contribution in [-0.4, -0.2) is 27.2 Å². The molecule has 0 saturated carbocycles. The third-order valence-corrected chi connectivity index (χ3v) is 2.35. The molecule has 0 amide bonds. The third-order valence-electron chi connectivity index (χ3n) is 2.16. The molecule has 6 nitrogen and oxygen atoms in total. The molecule has 0 aliphatic heterocycles. The van der Waals surface area contributed by atoms with Crippen molar-refractivity contribution in [3.63, 3.8) is 0 Å². The van der Waals surface area contributed by atoms with Gasteiger partial charge in [0, 0.05) is 18.0 Å². The number of nitrogens with zero attached hydrogens (tertiary/aromatic N) is 2. The molecule has 0 aliphatic carbocycles. The van der Waals surface area contributed by atoms with Crippen LogP contribution in [0.25, 0.3) is 0 Å². The Hall–Kier alpha value is -2.08. The number of hydrogen-bond acceptors (Lipinski definition) is 5. The Labute approximate surface area is 108 Å². The molecule has 2 rings (SSSR count). The molecule has 0 spiro atoms. The maximum Gasteiger partial charge on any atom is 0.335 e. The first-order chi connectivity index (χ1) is 8.69. The lowest BCUT2D eigenvalue weighted by atomic mass is 10.2. The minimum atomic E-state index is -0.969. The number of carbonyl (C=O) groups is 1. The molecule has 94 valence electrons. The monoisotopic (exact) mass is 267 g/mol. The Bertz CT molecular complexity index is 539. The lowest BCUT2D eigenvalue weighted by Crippen LogP contribution is -1.96.